The fraction of sp³-hybridized carbons (Fsp3) is 0.273. The van der Waals surface area contributed by atoms with E-state index in [1.54, 1.807) is 14.0 Å². The summed E-state index contributed by atoms with van der Waals surface area (Å²) in [5.41, 5.74) is 6.91. The van der Waals surface area contributed by atoms with Gasteiger partial charge in [-0.1, -0.05) is 11.6 Å². The number of hydrogen-bond acceptors (Lipinski definition) is 6. The van der Waals surface area contributed by atoms with E-state index in [0.717, 1.165) is 0 Å². The van der Waals surface area contributed by atoms with Crippen LogP contribution in [0.15, 0.2) is 6.07 Å². The highest BCUT2D eigenvalue weighted by Gasteiger charge is 2.19. The van der Waals surface area contributed by atoms with Gasteiger partial charge in [-0.3, -0.25) is 14.8 Å². The molecule has 3 N–H and O–H groups in total. The van der Waals surface area contributed by atoms with Gasteiger partial charge in [0.05, 0.1) is 18.5 Å². The Kier molecular flexibility index (Phi) is 3.75. The Balaban J connectivity index is 2.30. The fourth-order valence-corrected chi connectivity index (χ4v) is 1.84. The second kappa shape index (κ2) is 5.33. The van der Waals surface area contributed by atoms with Crippen LogP contribution in [0.1, 0.15) is 16.2 Å². The molecule has 0 atom stereocenters. The molecule has 0 aliphatic rings. The number of methoxy groups -OCH3 is 1. The number of aryl methyl sites for hydroxylation is 2. The quantitative estimate of drug-likeness (QED) is 0.819. The number of ether oxygens (including phenoxy) is 1. The van der Waals surface area contributed by atoms with Crippen LogP contribution in [0.5, 0.6) is 5.88 Å². The Morgan fingerprint density at radius 3 is 2.75 bits per heavy atom. The van der Waals surface area contributed by atoms with Gasteiger partial charge in [0.1, 0.15) is 10.8 Å². The van der Waals surface area contributed by atoms with Gasteiger partial charge >= 0.3 is 0 Å². The molecule has 2 rings (SSSR count). The molecule has 2 heterocycles. The van der Waals surface area contributed by atoms with Gasteiger partial charge in [0.2, 0.25) is 11.8 Å². The Labute approximate surface area is 119 Å². The van der Waals surface area contributed by atoms with Crippen molar-refractivity contribution >= 4 is 29.1 Å². The molecular weight excluding hydrogens is 284 g/mol. The smallest absolute Gasteiger partial charge is 0.278 e. The van der Waals surface area contributed by atoms with E-state index in [2.05, 4.69) is 20.4 Å². The molecule has 2 aromatic heterocycles. The average molecular weight is 297 g/mol. The monoisotopic (exact) mass is 296 g/mol. The maximum Gasteiger partial charge on any atom is 0.278 e. The van der Waals surface area contributed by atoms with E-state index in [4.69, 9.17) is 22.1 Å². The second-order valence-corrected chi connectivity index (χ2v) is 4.37. The van der Waals surface area contributed by atoms with Crippen LogP contribution in [0.2, 0.25) is 5.15 Å². The van der Waals surface area contributed by atoms with Gasteiger partial charge in [-0.05, 0) is 6.92 Å². The van der Waals surface area contributed by atoms with Crippen molar-refractivity contribution in [1.82, 2.24) is 19.7 Å². The van der Waals surface area contributed by atoms with Crippen molar-refractivity contribution in [3.63, 3.8) is 0 Å². The standard InChI is InChI=1S/C11H13ClN6O2/c1-5-8(13)9(18(2)17-5)10(19)16-11-14-6(12)4-7(15-11)20-3/h4H,13H2,1-3H3,(H,14,15,16,19). The van der Waals surface area contributed by atoms with Crippen molar-refractivity contribution in [3.8, 4) is 5.88 Å². The van der Waals surface area contributed by atoms with Crippen molar-refractivity contribution in [2.24, 2.45) is 7.05 Å². The van der Waals surface area contributed by atoms with Crippen molar-refractivity contribution in [2.75, 3.05) is 18.2 Å². The number of rotatable bonds is 3. The molecule has 0 bridgehead atoms. The summed E-state index contributed by atoms with van der Waals surface area (Å²) in [5.74, 6) is -0.206. The van der Waals surface area contributed by atoms with E-state index >= 15 is 0 Å². The highest BCUT2D eigenvalue weighted by Crippen LogP contribution is 2.19. The lowest BCUT2D eigenvalue weighted by Gasteiger charge is -2.06. The number of carbonyl (C=O) groups excluding carboxylic acids is 1. The van der Waals surface area contributed by atoms with Crippen LogP contribution in [-0.2, 0) is 7.05 Å². The molecule has 20 heavy (non-hydrogen) atoms. The van der Waals surface area contributed by atoms with Crippen LogP contribution >= 0.6 is 11.6 Å². The van der Waals surface area contributed by atoms with Crippen molar-refractivity contribution in [2.45, 2.75) is 6.92 Å². The predicted molar refractivity (Wildman–Crippen MR) is 73.9 cm³/mol. The van der Waals surface area contributed by atoms with Gasteiger partial charge in [0.25, 0.3) is 5.91 Å². The van der Waals surface area contributed by atoms with Gasteiger partial charge in [-0.2, -0.15) is 10.1 Å². The molecule has 0 saturated carbocycles. The van der Waals surface area contributed by atoms with Gasteiger partial charge < -0.3 is 10.5 Å². The SMILES string of the molecule is COc1cc(Cl)nc(NC(=O)c2c(N)c(C)nn2C)n1. The highest BCUT2D eigenvalue weighted by atomic mass is 35.5. The average Bonchev–Trinajstić information content (AvgIpc) is 2.62. The van der Waals surface area contributed by atoms with E-state index in [-0.39, 0.29) is 22.7 Å². The third-order valence-electron chi connectivity index (χ3n) is 2.59. The van der Waals surface area contributed by atoms with Crippen molar-refractivity contribution in [3.05, 3.63) is 22.6 Å². The molecule has 0 aliphatic heterocycles. The summed E-state index contributed by atoms with van der Waals surface area (Å²) in [4.78, 5) is 20.0. The minimum absolute atomic E-state index is 0.0256. The Morgan fingerprint density at radius 1 is 1.50 bits per heavy atom. The highest BCUT2D eigenvalue weighted by molar-refractivity contribution is 6.29. The third-order valence-corrected chi connectivity index (χ3v) is 2.78. The van der Waals surface area contributed by atoms with Crippen molar-refractivity contribution in [1.29, 1.82) is 0 Å². The lowest BCUT2D eigenvalue weighted by molar-refractivity contribution is 0.101. The first-order valence-electron chi connectivity index (χ1n) is 5.61. The number of halogens is 1. The lowest BCUT2D eigenvalue weighted by Crippen LogP contribution is -2.19. The van der Waals surface area contributed by atoms with Gasteiger partial charge in [0.15, 0.2) is 0 Å². The van der Waals surface area contributed by atoms with Crippen LogP contribution in [0.3, 0.4) is 0 Å². The number of hydrogen-bond donors (Lipinski definition) is 2. The van der Waals surface area contributed by atoms with E-state index in [1.165, 1.54) is 17.9 Å². The fourth-order valence-electron chi connectivity index (χ4n) is 1.66. The Bertz CT molecular complexity index is 669. The number of anilines is 2. The maximum absolute atomic E-state index is 12.2. The summed E-state index contributed by atoms with van der Waals surface area (Å²) in [6.07, 6.45) is 0. The molecule has 0 aromatic carbocycles. The van der Waals surface area contributed by atoms with Gasteiger partial charge in [-0.15, -0.1) is 0 Å². The first-order valence-corrected chi connectivity index (χ1v) is 5.99. The lowest BCUT2D eigenvalue weighted by atomic mass is 10.3. The molecule has 8 nitrogen and oxygen atoms in total. The summed E-state index contributed by atoms with van der Waals surface area (Å²) in [6.45, 7) is 1.71. The summed E-state index contributed by atoms with van der Waals surface area (Å²) in [5, 5.41) is 6.72. The summed E-state index contributed by atoms with van der Waals surface area (Å²) >= 11 is 5.80. The second-order valence-electron chi connectivity index (χ2n) is 3.98. The molecule has 106 valence electrons. The first-order chi connectivity index (χ1) is 9.42. The molecule has 0 unspecified atom stereocenters. The third kappa shape index (κ3) is 2.64. The largest absolute Gasteiger partial charge is 0.481 e. The van der Waals surface area contributed by atoms with E-state index < -0.39 is 5.91 Å². The number of amides is 1. The molecule has 0 saturated heterocycles. The number of nitrogens with zero attached hydrogens (tertiary/aromatic N) is 4. The number of nitrogen functional groups attached to an aromatic ring is 1. The molecule has 0 radical (unpaired) electrons. The molecule has 9 heteroatoms. The Morgan fingerprint density at radius 2 is 2.20 bits per heavy atom. The zero-order chi connectivity index (χ0) is 14.9. The van der Waals surface area contributed by atoms with Crippen LogP contribution in [0.25, 0.3) is 0 Å². The maximum atomic E-state index is 12.2. The van der Waals surface area contributed by atoms with Crippen molar-refractivity contribution < 1.29 is 9.53 Å². The van der Waals surface area contributed by atoms with E-state index in [9.17, 15) is 4.79 Å². The molecule has 0 aliphatic carbocycles. The molecular formula is C11H13ClN6O2. The minimum Gasteiger partial charge on any atom is -0.481 e. The normalized spacial score (nSPS) is 10.4. The topological polar surface area (TPSA) is 108 Å². The van der Waals surface area contributed by atoms with Crippen LogP contribution < -0.4 is 15.8 Å². The van der Waals surface area contributed by atoms with Gasteiger partial charge in [0, 0.05) is 13.1 Å². The predicted octanol–water partition coefficient (Wildman–Crippen LogP) is 1.02. The number of carbonyl (C=O) groups is 1. The molecule has 2 aromatic rings. The zero-order valence-electron chi connectivity index (χ0n) is 11.1. The summed E-state index contributed by atoms with van der Waals surface area (Å²) < 4.78 is 6.34. The minimum atomic E-state index is -0.477. The number of aromatic nitrogens is 4. The van der Waals surface area contributed by atoms with Gasteiger partial charge in [-0.25, -0.2) is 4.98 Å². The first kappa shape index (κ1) is 14.1. The van der Waals surface area contributed by atoms with E-state index in [0.29, 0.717) is 11.4 Å². The van der Waals surface area contributed by atoms with Crippen LogP contribution in [-0.4, -0.2) is 32.8 Å². The molecule has 0 spiro atoms. The molecule has 1 amide bonds. The van der Waals surface area contributed by atoms with Crippen LogP contribution in [0.4, 0.5) is 11.6 Å². The number of nitrogens with one attached hydrogen (secondary N) is 1. The Hall–Kier alpha value is -2.35. The summed E-state index contributed by atoms with van der Waals surface area (Å²) in [7, 11) is 3.06. The molecule has 0 fully saturated rings. The number of nitrogens with two attached hydrogens (primary N) is 1. The summed E-state index contributed by atoms with van der Waals surface area (Å²) in [6, 6.07) is 1.43. The van der Waals surface area contributed by atoms with E-state index in [1.807, 2.05) is 0 Å². The van der Waals surface area contributed by atoms with Crippen LogP contribution in [0, 0.1) is 6.92 Å². The zero-order valence-corrected chi connectivity index (χ0v) is 11.9.